The van der Waals surface area contributed by atoms with E-state index in [-0.39, 0.29) is 13.2 Å². The van der Waals surface area contributed by atoms with Crippen LogP contribution in [0.1, 0.15) is 42.0 Å². The van der Waals surface area contributed by atoms with E-state index in [0.29, 0.717) is 13.0 Å². The van der Waals surface area contributed by atoms with Crippen LogP contribution in [0, 0.1) is 13.8 Å². The average molecular weight is 385 g/mol. The highest BCUT2D eigenvalue weighted by Gasteiger charge is 2.23. The Labute approximate surface area is 168 Å². The van der Waals surface area contributed by atoms with Gasteiger partial charge in [-0.15, -0.1) is 0 Å². The molecule has 2 aromatic rings. The molecule has 0 bridgehead atoms. The second-order valence-corrected chi connectivity index (χ2v) is 7.37. The summed E-state index contributed by atoms with van der Waals surface area (Å²) in [6, 6.07) is 15.2. The lowest BCUT2D eigenvalue weighted by molar-refractivity contribution is 0.0739. The van der Waals surface area contributed by atoms with Crippen LogP contribution in [0.3, 0.4) is 0 Å². The van der Waals surface area contributed by atoms with Crippen LogP contribution in [0.15, 0.2) is 48.5 Å². The van der Waals surface area contributed by atoms with Gasteiger partial charge in [0.2, 0.25) is 0 Å². The van der Waals surface area contributed by atoms with E-state index < -0.39 is 18.2 Å². The Morgan fingerprint density at radius 1 is 1.18 bits per heavy atom. The van der Waals surface area contributed by atoms with Crippen LogP contribution in [-0.2, 0) is 17.9 Å². The predicted octanol–water partition coefficient (Wildman–Crippen LogP) is 3.93. The van der Waals surface area contributed by atoms with Crippen LogP contribution >= 0.6 is 0 Å². The van der Waals surface area contributed by atoms with Crippen LogP contribution < -0.4 is 5.73 Å². The highest BCUT2D eigenvalue weighted by atomic mass is 16.6. The molecule has 1 amide bonds. The normalized spacial score (nSPS) is 13.0. The number of carbonyl (C=O) groups is 1. The third kappa shape index (κ3) is 6.66. The van der Waals surface area contributed by atoms with Crippen molar-refractivity contribution in [3.63, 3.8) is 0 Å². The number of hydrogen-bond acceptors (Lipinski definition) is 4. The van der Waals surface area contributed by atoms with Crippen LogP contribution in [0.4, 0.5) is 4.79 Å². The van der Waals surface area contributed by atoms with Crippen molar-refractivity contribution in [3.8, 4) is 0 Å². The minimum atomic E-state index is -0.645. The molecule has 0 saturated heterocycles. The number of nitrogens with zero attached hydrogens (tertiary/aromatic N) is 1. The van der Waals surface area contributed by atoms with E-state index in [0.717, 1.165) is 23.1 Å². The summed E-state index contributed by atoms with van der Waals surface area (Å²) in [5, 5.41) is 10.2. The van der Waals surface area contributed by atoms with Gasteiger partial charge in [-0.2, -0.15) is 0 Å². The highest BCUT2D eigenvalue weighted by Crippen LogP contribution is 2.15. The Morgan fingerprint density at radius 2 is 1.89 bits per heavy atom. The Balaban J connectivity index is 2.10. The molecule has 0 fully saturated rings. The average Bonchev–Trinajstić information content (AvgIpc) is 2.68. The molecule has 3 N–H and O–H groups in total. The lowest BCUT2D eigenvalue weighted by Crippen LogP contribution is -2.47. The van der Waals surface area contributed by atoms with Crippen molar-refractivity contribution in [2.24, 2.45) is 5.73 Å². The van der Waals surface area contributed by atoms with Gasteiger partial charge in [0.05, 0.1) is 6.10 Å². The summed E-state index contributed by atoms with van der Waals surface area (Å²) in [6.45, 7) is 6.91. The largest absolute Gasteiger partial charge is 0.445 e. The number of hydrogen-bond donors (Lipinski definition) is 2. The number of benzene rings is 2. The number of aryl methyl sites for hydroxylation is 2. The fraction of sp³-hybridized carbons (Fsp3) is 0.435. The summed E-state index contributed by atoms with van der Waals surface area (Å²) in [7, 11) is 0. The molecule has 2 unspecified atom stereocenters. The maximum atomic E-state index is 12.8. The van der Waals surface area contributed by atoms with Gasteiger partial charge in [0.25, 0.3) is 0 Å². The molecule has 0 spiro atoms. The van der Waals surface area contributed by atoms with Crippen molar-refractivity contribution < 1.29 is 14.6 Å². The summed E-state index contributed by atoms with van der Waals surface area (Å²) in [5.41, 5.74) is 10.4. The van der Waals surface area contributed by atoms with Gasteiger partial charge in [0, 0.05) is 19.1 Å². The zero-order valence-electron chi connectivity index (χ0n) is 17.1. The maximum absolute atomic E-state index is 12.8. The topological polar surface area (TPSA) is 75.8 Å². The molecule has 2 rings (SSSR count). The highest BCUT2D eigenvalue weighted by molar-refractivity contribution is 5.68. The van der Waals surface area contributed by atoms with E-state index in [1.165, 1.54) is 5.56 Å². The molecular weight excluding hydrogens is 352 g/mol. The van der Waals surface area contributed by atoms with Gasteiger partial charge >= 0.3 is 6.09 Å². The molecule has 0 aromatic heterocycles. The van der Waals surface area contributed by atoms with Crippen LogP contribution in [0.25, 0.3) is 0 Å². The first-order chi connectivity index (χ1) is 13.4. The van der Waals surface area contributed by atoms with Gasteiger partial charge in [-0.1, -0.05) is 67.4 Å². The lowest BCUT2D eigenvalue weighted by Gasteiger charge is -2.28. The zero-order valence-corrected chi connectivity index (χ0v) is 17.1. The Kier molecular flexibility index (Phi) is 8.48. The maximum Gasteiger partial charge on any atom is 0.410 e. The number of aliphatic hydroxyl groups excluding tert-OH is 1. The zero-order chi connectivity index (χ0) is 20.5. The van der Waals surface area contributed by atoms with Crippen molar-refractivity contribution in [3.05, 3.63) is 70.8 Å². The molecule has 0 aliphatic carbocycles. The van der Waals surface area contributed by atoms with E-state index in [1.807, 2.05) is 63.2 Å². The number of ether oxygens (including phenoxy) is 1. The Hall–Kier alpha value is -2.37. The van der Waals surface area contributed by atoms with Crippen LogP contribution in [-0.4, -0.2) is 34.8 Å². The first-order valence-electron chi connectivity index (χ1n) is 9.86. The van der Waals surface area contributed by atoms with Crippen LogP contribution in [0.5, 0.6) is 0 Å². The van der Waals surface area contributed by atoms with E-state index in [4.69, 9.17) is 10.5 Å². The molecule has 28 heavy (non-hydrogen) atoms. The van der Waals surface area contributed by atoms with Gasteiger partial charge < -0.3 is 20.5 Å². The lowest BCUT2D eigenvalue weighted by atomic mass is 10.0. The number of aliphatic hydroxyl groups is 1. The van der Waals surface area contributed by atoms with E-state index in [2.05, 4.69) is 6.07 Å². The first-order valence-corrected chi connectivity index (χ1v) is 9.86. The molecule has 0 saturated carbocycles. The second-order valence-electron chi connectivity index (χ2n) is 7.37. The minimum Gasteiger partial charge on any atom is -0.445 e. The molecular formula is C23H32N2O3. The quantitative estimate of drug-likeness (QED) is 0.687. The summed E-state index contributed by atoms with van der Waals surface area (Å²) < 4.78 is 5.52. The third-order valence-corrected chi connectivity index (χ3v) is 4.83. The van der Waals surface area contributed by atoms with E-state index >= 15 is 0 Å². The number of nitrogens with two attached hydrogens (primary N) is 1. The SMILES string of the molecule is CCCC(O)C(N)CN(Cc1ccc(C)cc1C)C(=O)OCc1ccccc1. The van der Waals surface area contributed by atoms with Gasteiger partial charge in [-0.05, 0) is 37.0 Å². The number of amides is 1. The summed E-state index contributed by atoms with van der Waals surface area (Å²) in [6.07, 6.45) is 0.374. The number of carbonyl (C=O) groups excluding carboxylic acids is 1. The standard InChI is InChI=1S/C23H32N2O3/c1-4-8-22(26)21(24)15-25(14-20-12-11-17(2)13-18(20)3)23(27)28-16-19-9-6-5-7-10-19/h5-7,9-13,21-22,26H,4,8,14-16,24H2,1-3H3. The number of rotatable bonds is 9. The van der Waals surface area contributed by atoms with Crippen molar-refractivity contribution in [2.75, 3.05) is 6.54 Å². The molecule has 2 aromatic carbocycles. The van der Waals surface area contributed by atoms with Crippen molar-refractivity contribution in [1.29, 1.82) is 0 Å². The monoisotopic (exact) mass is 384 g/mol. The van der Waals surface area contributed by atoms with Crippen LogP contribution in [0.2, 0.25) is 0 Å². The minimum absolute atomic E-state index is 0.204. The second kappa shape index (κ2) is 10.8. The smallest absolute Gasteiger partial charge is 0.410 e. The Morgan fingerprint density at radius 3 is 2.54 bits per heavy atom. The van der Waals surface area contributed by atoms with E-state index in [1.54, 1.807) is 4.90 Å². The summed E-state index contributed by atoms with van der Waals surface area (Å²) in [4.78, 5) is 14.4. The van der Waals surface area contributed by atoms with Crippen molar-refractivity contribution in [1.82, 2.24) is 4.90 Å². The molecule has 5 heteroatoms. The molecule has 152 valence electrons. The molecule has 0 radical (unpaired) electrons. The summed E-state index contributed by atoms with van der Waals surface area (Å²) in [5.74, 6) is 0. The van der Waals surface area contributed by atoms with Gasteiger partial charge in [0.1, 0.15) is 6.61 Å². The molecule has 2 atom stereocenters. The van der Waals surface area contributed by atoms with Crippen molar-refractivity contribution in [2.45, 2.75) is 58.9 Å². The van der Waals surface area contributed by atoms with Gasteiger partial charge in [0.15, 0.2) is 0 Å². The van der Waals surface area contributed by atoms with Gasteiger partial charge in [-0.3, -0.25) is 0 Å². The molecule has 0 heterocycles. The summed E-state index contributed by atoms with van der Waals surface area (Å²) >= 11 is 0. The predicted molar refractivity (Wildman–Crippen MR) is 112 cm³/mol. The van der Waals surface area contributed by atoms with Gasteiger partial charge in [-0.25, -0.2) is 4.79 Å². The molecule has 0 aliphatic rings. The van der Waals surface area contributed by atoms with E-state index in [9.17, 15) is 9.90 Å². The molecule has 5 nitrogen and oxygen atoms in total. The first kappa shape index (κ1) is 21.9. The Bertz CT molecular complexity index is 749. The fourth-order valence-corrected chi connectivity index (χ4v) is 3.13. The third-order valence-electron chi connectivity index (χ3n) is 4.83. The molecule has 0 aliphatic heterocycles. The van der Waals surface area contributed by atoms with Crippen molar-refractivity contribution >= 4 is 6.09 Å². The fourth-order valence-electron chi connectivity index (χ4n) is 3.13.